The highest BCUT2D eigenvalue weighted by molar-refractivity contribution is 6.01. The zero-order valence-electron chi connectivity index (χ0n) is 33.1. The predicted molar refractivity (Wildman–Crippen MR) is 240 cm³/mol. The Morgan fingerprint density at radius 3 is 2.05 bits per heavy atom. The van der Waals surface area contributed by atoms with E-state index >= 15 is 0 Å². The van der Waals surface area contributed by atoms with Crippen LogP contribution < -0.4 is 4.90 Å². The van der Waals surface area contributed by atoms with Crippen LogP contribution in [-0.4, -0.2) is 0 Å². The summed E-state index contributed by atoms with van der Waals surface area (Å²) in [5, 5.41) is 2.48. The van der Waals surface area contributed by atoms with Crippen molar-refractivity contribution in [1.82, 2.24) is 0 Å². The van der Waals surface area contributed by atoms with E-state index in [0.29, 0.717) is 0 Å². The maximum Gasteiger partial charge on any atom is 0.0468 e. The molecule has 0 spiro atoms. The SMILES string of the molecule is CC1C2=Cc3ccc#cc3C(C)(C)c3cccc(c32)-c2cc(-c3ccc4c(c3)C(C)(C)c3cc(N(c5ccccc5)c5ccc6ccccc6c5)ccc3-4)ccc21. The van der Waals surface area contributed by atoms with Gasteiger partial charge in [-0.25, -0.2) is 0 Å². The van der Waals surface area contributed by atoms with E-state index in [0.717, 1.165) is 17.1 Å². The summed E-state index contributed by atoms with van der Waals surface area (Å²) in [5.74, 6) is 0.265. The van der Waals surface area contributed by atoms with Crippen LogP contribution in [0.2, 0.25) is 0 Å². The molecule has 0 saturated carbocycles. The minimum atomic E-state index is -0.195. The van der Waals surface area contributed by atoms with Gasteiger partial charge < -0.3 is 4.90 Å². The fourth-order valence-corrected chi connectivity index (χ4v) is 10.3. The van der Waals surface area contributed by atoms with Crippen LogP contribution in [0.4, 0.5) is 17.1 Å². The molecular formula is C56H43N. The van der Waals surface area contributed by atoms with Crippen LogP contribution in [0, 0.1) is 12.1 Å². The average Bonchev–Trinajstić information content (AvgIpc) is 3.40. The number of fused-ring (bicyclic) bond motifs is 7. The third-order valence-corrected chi connectivity index (χ3v) is 13.3. The molecule has 3 aliphatic carbocycles. The minimum Gasteiger partial charge on any atom is -0.310 e. The van der Waals surface area contributed by atoms with Gasteiger partial charge in [0.1, 0.15) is 0 Å². The summed E-state index contributed by atoms with van der Waals surface area (Å²) in [6.07, 6.45) is 2.42. The molecule has 1 unspecified atom stereocenters. The summed E-state index contributed by atoms with van der Waals surface area (Å²) in [6, 6.07) is 65.4. The lowest BCUT2D eigenvalue weighted by atomic mass is 9.69. The molecule has 0 N–H and O–H groups in total. The maximum absolute atomic E-state index is 3.50. The highest BCUT2D eigenvalue weighted by Gasteiger charge is 2.39. The lowest BCUT2D eigenvalue weighted by Gasteiger charge is -2.33. The summed E-state index contributed by atoms with van der Waals surface area (Å²) in [7, 11) is 0. The van der Waals surface area contributed by atoms with E-state index in [1.807, 2.05) is 6.07 Å². The molecule has 8 aromatic rings. The lowest BCUT2D eigenvalue weighted by Crippen LogP contribution is -2.22. The van der Waals surface area contributed by atoms with Crippen molar-refractivity contribution in [2.75, 3.05) is 4.90 Å². The molecule has 0 radical (unpaired) electrons. The Morgan fingerprint density at radius 2 is 1.21 bits per heavy atom. The summed E-state index contributed by atoms with van der Waals surface area (Å²) >= 11 is 0. The largest absolute Gasteiger partial charge is 0.310 e. The summed E-state index contributed by atoms with van der Waals surface area (Å²) in [4.78, 5) is 2.40. The van der Waals surface area contributed by atoms with Gasteiger partial charge in [0.2, 0.25) is 0 Å². The third-order valence-electron chi connectivity index (χ3n) is 13.3. The Morgan fingerprint density at radius 1 is 0.509 bits per heavy atom. The molecule has 0 bridgehead atoms. The van der Waals surface area contributed by atoms with Crippen LogP contribution in [0.1, 0.15) is 79.5 Å². The quantitative estimate of drug-likeness (QED) is 0.174. The first kappa shape index (κ1) is 33.7. The number of allylic oxidation sites excluding steroid dienone is 1. The van der Waals surface area contributed by atoms with E-state index in [4.69, 9.17) is 0 Å². The van der Waals surface area contributed by atoms with Crippen molar-refractivity contribution >= 4 is 39.5 Å². The van der Waals surface area contributed by atoms with Gasteiger partial charge >= 0.3 is 0 Å². The normalized spacial score (nSPS) is 16.2. The van der Waals surface area contributed by atoms with Crippen molar-refractivity contribution in [2.24, 2.45) is 0 Å². The molecule has 272 valence electrons. The van der Waals surface area contributed by atoms with Gasteiger partial charge in [0.25, 0.3) is 0 Å². The number of benzene rings is 7. The van der Waals surface area contributed by atoms with Gasteiger partial charge in [0.05, 0.1) is 0 Å². The standard InChI is InChI=1S/C56H43N/c1-35-44-27-23-38(31-49(44)47-19-13-21-51-54(47)48(35)32-40-16-11-12-20-50(40)55(51,2)3)39-24-28-45-46-29-26-43(34-53(46)56(4,5)52(45)33-39)57(41-17-7-6-8-18-41)42-25-22-36-14-9-10-15-37(36)30-42/h6-11,13-19,21-35H,1-5H3. The molecule has 0 aliphatic heterocycles. The molecule has 8 aromatic carbocycles. The van der Waals surface area contributed by atoms with E-state index < -0.39 is 0 Å². The van der Waals surface area contributed by atoms with Gasteiger partial charge in [0, 0.05) is 39.4 Å². The maximum atomic E-state index is 3.50. The predicted octanol–water partition coefficient (Wildman–Crippen LogP) is 14.8. The number of hydrogen-bond donors (Lipinski definition) is 0. The summed E-state index contributed by atoms with van der Waals surface area (Å²) in [5.41, 5.74) is 21.7. The molecule has 0 saturated heterocycles. The molecule has 0 fully saturated rings. The van der Waals surface area contributed by atoms with E-state index in [1.165, 1.54) is 88.7 Å². The monoisotopic (exact) mass is 729 g/mol. The third kappa shape index (κ3) is 4.97. The van der Waals surface area contributed by atoms with Gasteiger partial charge in [-0.1, -0.05) is 144 Å². The molecule has 1 atom stereocenters. The van der Waals surface area contributed by atoms with Gasteiger partial charge in [-0.2, -0.15) is 0 Å². The van der Waals surface area contributed by atoms with Crippen molar-refractivity contribution in [3.63, 3.8) is 0 Å². The molecule has 57 heavy (non-hydrogen) atoms. The second-order valence-electron chi connectivity index (χ2n) is 17.2. The number of nitrogens with zero attached hydrogens (tertiary/aromatic N) is 1. The highest BCUT2D eigenvalue weighted by atomic mass is 15.1. The van der Waals surface area contributed by atoms with Crippen LogP contribution >= 0.6 is 0 Å². The number of rotatable bonds is 4. The molecule has 0 amide bonds. The van der Waals surface area contributed by atoms with E-state index in [2.05, 4.69) is 209 Å². The molecule has 11 rings (SSSR count). The Kier molecular flexibility index (Phi) is 7.21. The van der Waals surface area contributed by atoms with Gasteiger partial charge in [-0.3, -0.25) is 0 Å². The van der Waals surface area contributed by atoms with E-state index in [-0.39, 0.29) is 16.7 Å². The Labute approximate surface area is 336 Å². The smallest absolute Gasteiger partial charge is 0.0468 e. The summed E-state index contributed by atoms with van der Waals surface area (Å²) < 4.78 is 0. The molecule has 0 heterocycles. The second-order valence-corrected chi connectivity index (χ2v) is 17.2. The minimum absolute atomic E-state index is 0.184. The number of hydrogen-bond acceptors (Lipinski definition) is 1. The first-order valence-corrected chi connectivity index (χ1v) is 20.2. The van der Waals surface area contributed by atoms with E-state index in [1.54, 1.807) is 0 Å². The van der Waals surface area contributed by atoms with Crippen molar-refractivity contribution in [3.05, 3.63) is 209 Å². The Hall–Kier alpha value is -6.62. The first-order chi connectivity index (χ1) is 27.7. The van der Waals surface area contributed by atoms with Gasteiger partial charge in [-0.05, 0) is 150 Å². The van der Waals surface area contributed by atoms with Gasteiger partial charge in [0.15, 0.2) is 0 Å². The summed E-state index contributed by atoms with van der Waals surface area (Å²) in [6.45, 7) is 11.8. The fraction of sp³-hybridized carbons (Fsp3) is 0.143. The number of para-hydroxylation sites is 1. The van der Waals surface area contributed by atoms with Crippen molar-refractivity contribution in [2.45, 2.75) is 51.4 Å². The van der Waals surface area contributed by atoms with Crippen LogP contribution in [0.5, 0.6) is 0 Å². The van der Waals surface area contributed by atoms with Crippen molar-refractivity contribution < 1.29 is 0 Å². The topological polar surface area (TPSA) is 3.24 Å². The zero-order chi connectivity index (χ0) is 38.6. The van der Waals surface area contributed by atoms with Crippen LogP contribution in [0.15, 0.2) is 158 Å². The van der Waals surface area contributed by atoms with Crippen LogP contribution in [0.25, 0.3) is 55.8 Å². The fourth-order valence-electron chi connectivity index (χ4n) is 10.3. The van der Waals surface area contributed by atoms with E-state index in [9.17, 15) is 0 Å². The van der Waals surface area contributed by atoms with Crippen molar-refractivity contribution in [1.29, 1.82) is 0 Å². The second kappa shape index (κ2) is 12.2. The average molecular weight is 730 g/mol. The molecule has 0 aromatic heterocycles. The highest BCUT2D eigenvalue weighted by Crippen LogP contribution is 2.55. The first-order valence-electron chi connectivity index (χ1n) is 20.2. The van der Waals surface area contributed by atoms with Crippen LogP contribution in [-0.2, 0) is 10.8 Å². The van der Waals surface area contributed by atoms with Crippen molar-refractivity contribution in [3.8, 4) is 33.4 Å². The molecular weight excluding hydrogens is 687 g/mol. The zero-order valence-corrected chi connectivity index (χ0v) is 33.1. The lowest BCUT2D eigenvalue weighted by molar-refractivity contribution is 0.639. The molecule has 1 nitrogen and oxygen atoms in total. The number of anilines is 3. The van der Waals surface area contributed by atoms with Gasteiger partial charge in [-0.15, -0.1) is 0 Å². The Bertz CT molecular complexity index is 2980. The molecule has 3 aliphatic rings. The van der Waals surface area contributed by atoms with Crippen LogP contribution in [0.3, 0.4) is 0 Å². The Balaban J connectivity index is 0.998. The molecule has 1 heteroatoms.